The Bertz CT molecular complexity index is 430. The van der Waals surface area contributed by atoms with Gasteiger partial charge in [0.15, 0.2) is 0 Å². The highest BCUT2D eigenvalue weighted by Crippen LogP contribution is 2.28. The van der Waals surface area contributed by atoms with Gasteiger partial charge in [-0.25, -0.2) is 0 Å². The molecule has 1 aliphatic carbocycles. The SMILES string of the molecule is Cc1nn(C)cc1C(=O)NCC1CCCC(Br)C1. The molecule has 1 aromatic heterocycles. The Hall–Kier alpha value is -0.840. The van der Waals surface area contributed by atoms with Gasteiger partial charge in [-0.05, 0) is 32.1 Å². The maximum Gasteiger partial charge on any atom is 0.254 e. The highest BCUT2D eigenvalue weighted by atomic mass is 79.9. The molecule has 0 aromatic carbocycles. The fourth-order valence-electron chi connectivity index (χ4n) is 2.57. The van der Waals surface area contributed by atoms with Crippen molar-refractivity contribution in [3.8, 4) is 0 Å². The first kappa shape index (κ1) is 13.6. The molecule has 5 heteroatoms. The van der Waals surface area contributed by atoms with E-state index in [0.717, 1.165) is 18.7 Å². The van der Waals surface area contributed by atoms with Crippen LogP contribution >= 0.6 is 15.9 Å². The molecule has 2 atom stereocenters. The van der Waals surface area contributed by atoms with Gasteiger partial charge < -0.3 is 5.32 Å². The van der Waals surface area contributed by atoms with E-state index in [1.807, 2.05) is 14.0 Å². The molecular weight excluding hydrogens is 294 g/mol. The fraction of sp³-hybridized carbons (Fsp3) is 0.692. The van der Waals surface area contributed by atoms with Gasteiger partial charge in [-0.1, -0.05) is 22.4 Å². The van der Waals surface area contributed by atoms with Gasteiger partial charge in [-0.3, -0.25) is 9.48 Å². The monoisotopic (exact) mass is 313 g/mol. The van der Waals surface area contributed by atoms with Gasteiger partial charge in [0, 0.05) is 24.6 Å². The van der Waals surface area contributed by atoms with E-state index in [1.165, 1.54) is 19.3 Å². The van der Waals surface area contributed by atoms with Crippen molar-refractivity contribution >= 4 is 21.8 Å². The van der Waals surface area contributed by atoms with Crippen LogP contribution in [0.4, 0.5) is 0 Å². The molecule has 4 nitrogen and oxygen atoms in total. The maximum absolute atomic E-state index is 12.0. The lowest BCUT2D eigenvalue weighted by molar-refractivity contribution is 0.0943. The molecule has 0 aliphatic heterocycles. The van der Waals surface area contributed by atoms with Crippen molar-refractivity contribution < 1.29 is 4.79 Å². The van der Waals surface area contributed by atoms with E-state index in [1.54, 1.807) is 10.9 Å². The molecule has 0 saturated heterocycles. The van der Waals surface area contributed by atoms with Crippen molar-refractivity contribution in [2.24, 2.45) is 13.0 Å². The molecule has 1 N–H and O–H groups in total. The molecule has 0 spiro atoms. The quantitative estimate of drug-likeness (QED) is 0.871. The number of nitrogens with zero attached hydrogens (tertiary/aromatic N) is 2. The molecule has 0 radical (unpaired) electrons. The van der Waals surface area contributed by atoms with E-state index in [9.17, 15) is 4.79 Å². The van der Waals surface area contributed by atoms with Crippen LogP contribution in [0.2, 0.25) is 0 Å². The second-order valence-electron chi connectivity index (χ2n) is 5.14. The van der Waals surface area contributed by atoms with E-state index < -0.39 is 0 Å². The Kier molecular flexibility index (Phi) is 4.43. The Morgan fingerprint density at radius 3 is 3.00 bits per heavy atom. The van der Waals surface area contributed by atoms with Gasteiger partial charge in [-0.2, -0.15) is 5.10 Å². The van der Waals surface area contributed by atoms with Crippen LogP contribution < -0.4 is 5.32 Å². The van der Waals surface area contributed by atoms with Gasteiger partial charge in [-0.15, -0.1) is 0 Å². The summed E-state index contributed by atoms with van der Waals surface area (Å²) in [5, 5.41) is 7.22. The lowest BCUT2D eigenvalue weighted by Gasteiger charge is -2.25. The first-order chi connectivity index (χ1) is 8.56. The number of hydrogen-bond donors (Lipinski definition) is 1. The molecule has 0 bridgehead atoms. The first-order valence-corrected chi connectivity index (χ1v) is 7.40. The standard InChI is InChI=1S/C13H20BrN3O/c1-9-12(8-17(2)16-9)13(18)15-7-10-4-3-5-11(14)6-10/h8,10-11H,3-7H2,1-2H3,(H,15,18). The van der Waals surface area contributed by atoms with Crippen molar-refractivity contribution in [3.63, 3.8) is 0 Å². The highest BCUT2D eigenvalue weighted by molar-refractivity contribution is 9.09. The molecule has 2 unspecified atom stereocenters. The third kappa shape index (κ3) is 3.34. The van der Waals surface area contributed by atoms with Gasteiger partial charge in [0.05, 0.1) is 11.3 Å². The fourth-order valence-corrected chi connectivity index (χ4v) is 3.42. The number of carbonyl (C=O) groups is 1. The van der Waals surface area contributed by atoms with E-state index in [4.69, 9.17) is 0 Å². The minimum atomic E-state index is -0.00250. The van der Waals surface area contributed by atoms with Crippen molar-refractivity contribution in [2.75, 3.05) is 6.54 Å². The zero-order valence-corrected chi connectivity index (χ0v) is 12.5. The van der Waals surface area contributed by atoms with Crippen LogP contribution in [-0.4, -0.2) is 27.1 Å². The number of aromatic nitrogens is 2. The summed E-state index contributed by atoms with van der Waals surface area (Å²) < 4.78 is 1.68. The lowest BCUT2D eigenvalue weighted by Crippen LogP contribution is -2.32. The second kappa shape index (κ2) is 5.87. The summed E-state index contributed by atoms with van der Waals surface area (Å²) in [6.07, 6.45) is 6.66. The average Bonchev–Trinajstić information content (AvgIpc) is 2.66. The molecule has 1 aromatic rings. The normalized spacial score (nSPS) is 23.9. The number of hydrogen-bond acceptors (Lipinski definition) is 2. The number of carbonyl (C=O) groups excluding carboxylic acids is 1. The summed E-state index contributed by atoms with van der Waals surface area (Å²) >= 11 is 3.67. The van der Waals surface area contributed by atoms with Crippen LogP contribution in [0.3, 0.4) is 0 Å². The Morgan fingerprint density at radius 1 is 1.61 bits per heavy atom. The number of nitrogens with one attached hydrogen (secondary N) is 1. The molecule has 2 rings (SSSR count). The van der Waals surface area contributed by atoms with Crippen LogP contribution in [0.25, 0.3) is 0 Å². The summed E-state index contributed by atoms with van der Waals surface area (Å²) in [5.74, 6) is 0.598. The minimum absolute atomic E-state index is 0.00250. The number of halogens is 1. The molecule has 1 amide bonds. The smallest absolute Gasteiger partial charge is 0.254 e. The number of alkyl halides is 1. The van der Waals surface area contributed by atoms with Crippen molar-refractivity contribution in [1.82, 2.24) is 15.1 Å². The Labute approximate surface area is 116 Å². The van der Waals surface area contributed by atoms with E-state index >= 15 is 0 Å². The van der Waals surface area contributed by atoms with Crippen molar-refractivity contribution in [1.29, 1.82) is 0 Å². The second-order valence-corrected chi connectivity index (χ2v) is 6.44. The van der Waals surface area contributed by atoms with Crippen molar-refractivity contribution in [3.05, 3.63) is 17.5 Å². The third-order valence-corrected chi connectivity index (χ3v) is 4.36. The number of aryl methyl sites for hydroxylation is 2. The zero-order valence-electron chi connectivity index (χ0n) is 10.9. The Morgan fingerprint density at radius 2 is 2.39 bits per heavy atom. The topological polar surface area (TPSA) is 46.9 Å². The van der Waals surface area contributed by atoms with Crippen LogP contribution in [0.5, 0.6) is 0 Å². The van der Waals surface area contributed by atoms with Gasteiger partial charge in [0.2, 0.25) is 0 Å². The first-order valence-electron chi connectivity index (χ1n) is 6.48. The molecule has 18 heavy (non-hydrogen) atoms. The van der Waals surface area contributed by atoms with Crippen LogP contribution in [0.15, 0.2) is 6.20 Å². The van der Waals surface area contributed by atoms with Gasteiger partial charge in [0.1, 0.15) is 0 Å². The van der Waals surface area contributed by atoms with E-state index in [2.05, 4.69) is 26.3 Å². The van der Waals surface area contributed by atoms with Crippen molar-refractivity contribution in [2.45, 2.75) is 37.4 Å². The summed E-state index contributed by atoms with van der Waals surface area (Å²) in [4.78, 5) is 12.6. The lowest BCUT2D eigenvalue weighted by atomic mass is 9.89. The highest BCUT2D eigenvalue weighted by Gasteiger charge is 2.21. The maximum atomic E-state index is 12.0. The summed E-state index contributed by atoms with van der Waals surface area (Å²) in [6, 6.07) is 0. The predicted molar refractivity (Wildman–Crippen MR) is 75.0 cm³/mol. The summed E-state index contributed by atoms with van der Waals surface area (Å²) in [6.45, 7) is 2.64. The van der Waals surface area contributed by atoms with Gasteiger partial charge in [0.25, 0.3) is 5.91 Å². The van der Waals surface area contributed by atoms with Crippen LogP contribution in [-0.2, 0) is 7.05 Å². The van der Waals surface area contributed by atoms with Gasteiger partial charge >= 0.3 is 0 Å². The average molecular weight is 314 g/mol. The third-order valence-electron chi connectivity index (χ3n) is 3.53. The molecule has 100 valence electrons. The molecule has 1 fully saturated rings. The predicted octanol–water partition coefficient (Wildman–Crippen LogP) is 2.41. The zero-order chi connectivity index (χ0) is 13.1. The largest absolute Gasteiger partial charge is 0.352 e. The van der Waals surface area contributed by atoms with Crippen LogP contribution in [0.1, 0.15) is 41.7 Å². The summed E-state index contributed by atoms with van der Waals surface area (Å²) in [5.41, 5.74) is 1.47. The van der Waals surface area contributed by atoms with E-state index in [-0.39, 0.29) is 5.91 Å². The minimum Gasteiger partial charge on any atom is -0.352 e. The molecular formula is C13H20BrN3O. The molecule has 1 saturated carbocycles. The van der Waals surface area contributed by atoms with E-state index in [0.29, 0.717) is 16.3 Å². The molecule has 1 aliphatic rings. The van der Waals surface area contributed by atoms with Crippen LogP contribution in [0, 0.1) is 12.8 Å². The number of amides is 1. The Balaban J connectivity index is 1.86. The number of rotatable bonds is 3. The molecule has 1 heterocycles. The summed E-state index contributed by atoms with van der Waals surface area (Å²) in [7, 11) is 1.83.